The predicted molar refractivity (Wildman–Crippen MR) is 82.5 cm³/mol. The largest absolute Gasteiger partial charge is 0.486 e. The molecule has 1 aromatic carbocycles. The van der Waals surface area contributed by atoms with Crippen molar-refractivity contribution in [3.05, 3.63) is 51.3 Å². The smallest absolute Gasteiger partial charge is 0.146 e. The van der Waals surface area contributed by atoms with Crippen molar-refractivity contribution in [2.45, 2.75) is 6.61 Å². The lowest BCUT2D eigenvalue weighted by Crippen LogP contribution is -1.97. The van der Waals surface area contributed by atoms with E-state index < -0.39 is 0 Å². The van der Waals surface area contributed by atoms with Crippen molar-refractivity contribution in [3.63, 3.8) is 0 Å². The fourth-order valence-electron chi connectivity index (χ4n) is 1.86. The van der Waals surface area contributed by atoms with E-state index in [1.165, 1.54) is 0 Å². The molecular weight excluding hydrogens is 324 g/mol. The van der Waals surface area contributed by atoms with Gasteiger partial charge in [-0.3, -0.25) is 4.98 Å². The average Bonchev–Trinajstić information content (AvgIpc) is 2.84. The standard InChI is InChI=1S/C14H11BrN2OS/c15-10-5-7-19-13(10)8-18-12-4-3-11(16)9-2-1-6-17-14(9)12/h1-7H,8,16H2. The topological polar surface area (TPSA) is 48.1 Å². The minimum absolute atomic E-state index is 0.522. The van der Waals surface area contributed by atoms with E-state index in [9.17, 15) is 0 Å². The molecule has 0 atom stereocenters. The second kappa shape index (κ2) is 5.19. The van der Waals surface area contributed by atoms with Gasteiger partial charge in [0.1, 0.15) is 17.9 Å². The van der Waals surface area contributed by atoms with Crippen molar-refractivity contribution < 1.29 is 4.74 Å². The summed E-state index contributed by atoms with van der Waals surface area (Å²) in [5, 5.41) is 2.95. The van der Waals surface area contributed by atoms with E-state index in [0.717, 1.165) is 26.0 Å². The number of nitrogen functional groups attached to an aromatic ring is 1. The second-order valence-corrected chi connectivity index (χ2v) is 5.89. The Morgan fingerprint density at radius 2 is 2.16 bits per heavy atom. The van der Waals surface area contributed by atoms with Gasteiger partial charge in [0.15, 0.2) is 0 Å². The number of anilines is 1. The van der Waals surface area contributed by atoms with Crippen molar-refractivity contribution in [3.8, 4) is 5.75 Å². The van der Waals surface area contributed by atoms with Gasteiger partial charge in [-0.2, -0.15) is 0 Å². The Hall–Kier alpha value is -1.59. The number of pyridine rings is 1. The van der Waals surface area contributed by atoms with Gasteiger partial charge in [-0.25, -0.2) is 0 Å². The number of nitrogens with zero attached hydrogens (tertiary/aromatic N) is 1. The van der Waals surface area contributed by atoms with Gasteiger partial charge in [-0.1, -0.05) is 0 Å². The molecule has 0 aliphatic heterocycles. The minimum atomic E-state index is 0.522. The van der Waals surface area contributed by atoms with Gasteiger partial charge in [0.05, 0.1) is 4.88 Å². The Balaban J connectivity index is 1.93. The number of nitrogens with two attached hydrogens (primary N) is 1. The molecule has 0 radical (unpaired) electrons. The van der Waals surface area contributed by atoms with Crippen LogP contribution in [0, 0.1) is 0 Å². The molecule has 0 aliphatic carbocycles. The fourth-order valence-corrected chi connectivity index (χ4v) is 3.23. The van der Waals surface area contributed by atoms with Crippen LogP contribution < -0.4 is 10.5 Å². The highest BCUT2D eigenvalue weighted by Crippen LogP contribution is 2.30. The normalized spacial score (nSPS) is 10.8. The van der Waals surface area contributed by atoms with Crippen LogP contribution in [0.2, 0.25) is 0 Å². The number of hydrogen-bond donors (Lipinski definition) is 1. The molecule has 96 valence electrons. The minimum Gasteiger partial charge on any atom is -0.486 e. The van der Waals surface area contributed by atoms with E-state index in [4.69, 9.17) is 10.5 Å². The summed E-state index contributed by atoms with van der Waals surface area (Å²) in [6.07, 6.45) is 1.75. The molecule has 0 saturated carbocycles. The van der Waals surface area contributed by atoms with Gasteiger partial charge < -0.3 is 10.5 Å². The highest BCUT2D eigenvalue weighted by Gasteiger charge is 2.08. The first-order chi connectivity index (χ1) is 9.25. The number of fused-ring (bicyclic) bond motifs is 1. The van der Waals surface area contributed by atoms with Crippen LogP contribution in [0.3, 0.4) is 0 Å². The van der Waals surface area contributed by atoms with Crippen LogP contribution in [0.4, 0.5) is 5.69 Å². The molecular formula is C14H11BrN2OS. The van der Waals surface area contributed by atoms with E-state index in [0.29, 0.717) is 12.3 Å². The lowest BCUT2D eigenvalue weighted by atomic mass is 10.2. The fraction of sp³-hybridized carbons (Fsp3) is 0.0714. The lowest BCUT2D eigenvalue weighted by molar-refractivity contribution is 0.312. The monoisotopic (exact) mass is 334 g/mol. The first-order valence-corrected chi connectivity index (χ1v) is 7.41. The Morgan fingerprint density at radius 3 is 2.95 bits per heavy atom. The van der Waals surface area contributed by atoms with Crippen molar-refractivity contribution >= 4 is 43.9 Å². The number of rotatable bonds is 3. The summed E-state index contributed by atoms with van der Waals surface area (Å²) in [6, 6.07) is 9.56. The summed E-state index contributed by atoms with van der Waals surface area (Å²) < 4.78 is 6.94. The summed E-state index contributed by atoms with van der Waals surface area (Å²) in [6.45, 7) is 0.522. The van der Waals surface area contributed by atoms with Gasteiger partial charge >= 0.3 is 0 Å². The highest BCUT2D eigenvalue weighted by atomic mass is 79.9. The van der Waals surface area contributed by atoms with Gasteiger partial charge in [0, 0.05) is 21.7 Å². The van der Waals surface area contributed by atoms with Crippen molar-refractivity contribution in [2.75, 3.05) is 5.73 Å². The quantitative estimate of drug-likeness (QED) is 0.729. The summed E-state index contributed by atoms with van der Waals surface area (Å²) in [5.74, 6) is 0.755. The zero-order valence-corrected chi connectivity index (χ0v) is 12.4. The third kappa shape index (κ3) is 2.43. The van der Waals surface area contributed by atoms with Crippen molar-refractivity contribution in [1.82, 2.24) is 4.98 Å². The molecule has 0 amide bonds. The average molecular weight is 335 g/mol. The molecule has 2 N–H and O–H groups in total. The number of halogens is 1. The van der Waals surface area contributed by atoms with Gasteiger partial charge in [0.25, 0.3) is 0 Å². The Kier molecular flexibility index (Phi) is 3.40. The third-order valence-electron chi connectivity index (χ3n) is 2.82. The molecule has 0 bridgehead atoms. The van der Waals surface area contributed by atoms with Gasteiger partial charge in [-0.15, -0.1) is 11.3 Å². The van der Waals surface area contributed by atoms with Crippen LogP contribution in [0.5, 0.6) is 5.75 Å². The lowest BCUT2D eigenvalue weighted by Gasteiger charge is -2.09. The van der Waals surface area contributed by atoms with E-state index in [1.807, 2.05) is 35.7 Å². The molecule has 2 heterocycles. The maximum atomic E-state index is 5.94. The van der Waals surface area contributed by atoms with E-state index in [-0.39, 0.29) is 0 Å². The molecule has 0 unspecified atom stereocenters. The van der Waals surface area contributed by atoms with Crippen LogP contribution in [-0.2, 0) is 6.61 Å². The Morgan fingerprint density at radius 1 is 1.26 bits per heavy atom. The first-order valence-electron chi connectivity index (χ1n) is 5.73. The van der Waals surface area contributed by atoms with E-state index in [2.05, 4.69) is 20.9 Å². The summed E-state index contributed by atoms with van der Waals surface area (Å²) in [5.41, 5.74) is 7.46. The number of aromatic nitrogens is 1. The molecule has 3 nitrogen and oxygen atoms in total. The molecule has 19 heavy (non-hydrogen) atoms. The van der Waals surface area contributed by atoms with Crippen LogP contribution in [0.15, 0.2) is 46.4 Å². The predicted octanol–water partition coefficient (Wildman–Crippen LogP) is 4.22. The molecule has 3 aromatic rings. The number of hydrogen-bond acceptors (Lipinski definition) is 4. The molecule has 2 aromatic heterocycles. The summed E-state index contributed by atoms with van der Waals surface area (Å²) in [4.78, 5) is 5.50. The van der Waals surface area contributed by atoms with Gasteiger partial charge in [0.2, 0.25) is 0 Å². The number of ether oxygens (including phenoxy) is 1. The zero-order valence-electron chi connectivity index (χ0n) is 9.97. The molecule has 0 fully saturated rings. The van der Waals surface area contributed by atoms with Crippen LogP contribution in [-0.4, -0.2) is 4.98 Å². The van der Waals surface area contributed by atoms with Crippen molar-refractivity contribution in [1.29, 1.82) is 0 Å². The number of benzene rings is 1. The summed E-state index contributed by atoms with van der Waals surface area (Å²) in [7, 11) is 0. The summed E-state index contributed by atoms with van der Waals surface area (Å²) >= 11 is 5.16. The molecule has 3 rings (SSSR count). The van der Waals surface area contributed by atoms with Crippen molar-refractivity contribution in [2.24, 2.45) is 0 Å². The molecule has 0 spiro atoms. The zero-order chi connectivity index (χ0) is 13.2. The first kappa shape index (κ1) is 12.4. The second-order valence-electron chi connectivity index (χ2n) is 4.03. The molecule has 0 aliphatic rings. The van der Waals surface area contributed by atoms with Crippen LogP contribution in [0.25, 0.3) is 10.9 Å². The molecule has 5 heteroatoms. The van der Waals surface area contributed by atoms with Crippen LogP contribution in [0.1, 0.15) is 4.88 Å². The maximum Gasteiger partial charge on any atom is 0.146 e. The Labute approximate surface area is 123 Å². The maximum absolute atomic E-state index is 5.94. The van der Waals surface area contributed by atoms with Gasteiger partial charge in [-0.05, 0) is 51.6 Å². The van der Waals surface area contributed by atoms with Crippen LogP contribution >= 0.6 is 27.3 Å². The molecule has 0 saturated heterocycles. The third-order valence-corrected chi connectivity index (χ3v) is 4.72. The number of thiophene rings is 1. The SMILES string of the molecule is Nc1ccc(OCc2sccc2Br)c2ncccc12. The van der Waals surface area contributed by atoms with E-state index >= 15 is 0 Å². The highest BCUT2D eigenvalue weighted by molar-refractivity contribution is 9.10. The van der Waals surface area contributed by atoms with E-state index in [1.54, 1.807) is 17.5 Å². The Bertz CT molecular complexity index is 726.